The molecule has 0 bridgehead atoms. The van der Waals surface area contributed by atoms with Gasteiger partial charge in [-0.25, -0.2) is 4.39 Å². The molecule has 1 aliphatic carbocycles. The van der Waals surface area contributed by atoms with Gasteiger partial charge >= 0.3 is 35.3 Å². The lowest BCUT2D eigenvalue weighted by Crippen LogP contribution is -2.86. The van der Waals surface area contributed by atoms with Crippen LogP contribution in [-0.2, 0) is 4.79 Å². The van der Waals surface area contributed by atoms with Gasteiger partial charge in [-0.1, -0.05) is 12.2 Å². The molecule has 2 nitrogen and oxygen atoms in total. The second-order valence-corrected chi connectivity index (χ2v) is 5.32. The van der Waals surface area contributed by atoms with Crippen molar-refractivity contribution in [3.63, 3.8) is 0 Å². The van der Waals surface area contributed by atoms with Gasteiger partial charge in [0, 0.05) is 13.1 Å². The van der Waals surface area contributed by atoms with Gasteiger partial charge in [-0.3, -0.25) is 4.79 Å². The van der Waals surface area contributed by atoms with Crippen LogP contribution in [0, 0.1) is 0 Å². The van der Waals surface area contributed by atoms with Crippen molar-refractivity contribution in [1.29, 1.82) is 0 Å². The van der Waals surface area contributed by atoms with Crippen molar-refractivity contribution < 1.29 is 53.1 Å². The van der Waals surface area contributed by atoms with Crippen LogP contribution in [0.1, 0.15) is 0 Å². The topological polar surface area (TPSA) is 20.3 Å². The molecule has 0 N–H and O–H groups in total. The summed E-state index contributed by atoms with van der Waals surface area (Å²) in [6.07, 6.45) is 1.27. The van der Waals surface area contributed by atoms with Crippen molar-refractivity contribution in [2.24, 2.45) is 0 Å². The second-order valence-electron chi connectivity index (χ2n) is 5.32. The molecule has 1 aliphatic rings. The zero-order valence-corrected chi connectivity index (χ0v) is 12.5. The fraction of sp³-hybridized carbons (Fsp3) is 0.615. The third kappa shape index (κ3) is 2.14. The summed E-state index contributed by atoms with van der Waals surface area (Å²) < 4.78 is 149. The van der Waals surface area contributed by atoms with Gasteiger partial charge in [-0.15, -0.1) is 13.2 Å². The first-order chi connectivity index (χ1) is 11.4. The molecule has 1 rings (SSSR count). The average molecular weight is 405 g/mol. The van der Waals surface area contributed by atoms with E-state index >= 15 is 0 Å². The number of carbonyl (C=O) groups excluding carboxylic acids is 1. The van der Waals surface area contributed by atoms with Crippen LogP contribution in [0.15, 0.2) is 25.3 Å². The van der Waals surface area contributed by atoms with Crippen LogP contribution in [-0.4, -0.2) is 59.2 Å². The number of carbonyl (C=O) groups is 1. The summed E-state index contributed by atoms with van der Waals surface area (Å²) in [6, 6.07) is 0. The molecule has 1 saturated carbocycles. The number of hydrogen-bond acceptors (Lipinski definition) is 1. The SMILES string of the molecule is C=CCN(CC=C)C(=O)C1(F)C(F)(F)C(F)(F)C(F)(F)C(F)(F)C1(F)F. The molecule has 0 radical (unpaired) electrons. The minimum Gasteiger partial charge on any atom is -0.332 e. The number of rotatable bonds is 5. The average Bonchev–Trinajstić information content (AvgIpc) is 2.51. The van der Waals surface area contributed by atoms with E-state index in [1.54, 1.807) is 0 Å². The maximum atomic E-state index is 14.5. The van der Waals surface area contributed by atoms with Gasteiger partial charge in [0.25, 0.3) is 5.91 Å². The largest absolute Gasteiger partial charge is 0.384 e. The van der Waals surface area contributed by atoms with Gasteiger partial charge in [-0.2, -0.15) is 43.9 Å². The van der Waals surface area contributed by atoms with Crippen molar-refractivity contribution in [1.82, 2.24) is 4.90 Å². The predicted molar refractivity (Wildman–Crippen MR) is 65.5 cm³/mol. The first-order valence-corrected chi connectivity index (χ1v) is 6.52. The maximum absolute atomic E-state index is 14.5. The molecule has 26 heavy (non-hydrogen) atoms. The smallest absolute Gasteiger partial charge is 0.332 e. The lowest BCUT2D eigenvalue weighted by Gasteiger charge is -2.52. The van der Waals surface area contributed by atoms with E-state index in [4.69, 9.17) is 0 Å². The lowest BCUT2D eigenvalue weighted by atomic mass is 9.71. The zero-order chi connectivity index (χ0) is 21.0. The third-order valence-corrected chi connectivity index (χ3v) is 3.72. The normalized spacial score (nSPS) is 26.6. The first-order valence-electron chi connectivity index (χ1n) is 6.52. The van der Waals surface area contributed by atoms with Crippen LogP contribution in [0.5, 0.6) is 0 Å². The molecule has 0 saturated heterocycles. The summed E-state index contributed by atoms with van der Waals surface area (Å²) in [4.78, 5) is 11.5. The monoisotopic (exact) mass is 405 g/mol. The summed E-state index contributed by atoms with van der Waals surface area (Å²) in [7, 11) is 0. The van der Waals surface area contributed by atoms with Crippen molar-refractivity contribution in [3.05, 3.63) is 25.3 Å². The lowest BCUT2D eigenvalue weighted by molar-refractivity contribution is -0.477. The summed E-state index contributed by atoms with van der Waals surface area (Å²) in [6.45, 7) is 3.83. The van der Waals surface area contributed by atoms with E-state index in [-0.39, 0.29) is 4.90 Å². The molecule has 0 aromatic carbocycles. The Hall–Kier alpha value is -1.82. The minimum atomic E-state index is -7.36. The van der Waals surface area contributed by atoms with Crippen LogP contribution < -0.4 is 0 Å². The second kappa shape index (κ2) is 5.84. The fourth-order valence-corrected chi connectivity index (χ4v) is 2.26. The molecule has 0 aromatic heterocycles. The van der Waals surface area contributed by atoms with E-state index in [0.717, 1.165) is 0 Å². The quantitative estimate of drug-likeness (QED) is 0.499. The maximum Gasteiger partial charge on any atom is 0.384 e. The Balaban J connectivity index is 3.83. The molecular formula is C13H10F11NO. The van der Waals surface area contributed by atoms with Crippen LogP contribution in [0.2, 0.25) is 0 Å². The van der Waals surface area contributed by atoms with E-state index in [9.17, 15) is 53.1 Å². The van der Waals surface area contributed by atoms with Gasteiger partial charge in [-0.05, 0) is 0 Å². The van der Waals surface area contributed by atoms with Gasteiger partial charge in [0.05, 0.1) is 0 Å². The van der Waals surface area contributed by atoms with Gasteiger partial charge in [0.2, 0.25) is 0 Å². The molecule has 0 unspecified atom stereocenters. The Morgan fingerprint density at radius 2 is 0.923 bits per heavy atom. The molecule has 0 spiro atoms. The molecule has 1 fully saturated rings. The van der Waals surface area contributed by atoms with Crippen molar-refractivity contribution in [2.45, 2.75) is 35.3 Å². The summed E-state index contributed by atoms with van der Waals surface area (Å²) >= 11 is 0. The van der Waals surface area contributed by atoms with Crippen LogP contribution in [0.3, 0.4) is 0 Å². The van der Waals surface area contributed by atoms with Crippen LogP contribution >= 0.6 is 0 Å². The van der Waals surface area contributed by atoms with Gasteiger partial charge in [0.15, 0.2) is 0 Å². The molecule has 0 aliphatic heterocycles. The van der Waals surface area contributed by atoms with Crippen LogP contribution in [0.4, 0.5) is 48.3 Å². The molecule has 0 atom stereocenters. The molecular weight excluding hydrogens is 395 g/mol. The predicted octanol–water partition coefficient (Wildman–Crippen LogP) is 4.09. The highest BCUT2D eigenvalue weighted by molar-refractivity contribution is 5.89. The van der Waals surface area contributed by atoms with Gasteiger partial charge < -0.3 is 4.90 Å². The number of hydrogen-bond donors (Lipinski definition) is 0. The van der Waals surface area contributed by atoms with Crippen LogP contribution in [0.25, 0.3) is 0 Å². The van der Waals surface area contributed by atoms with Crippen molar-refractivity contribution in [3.8, 4) is 0 Å². The molecule has 0 heterocycles. The van der Waals surface area contributed by atoms with Crippen molar-refractivity contribution in [2.75, 3.05) is 13.1 Å². The Morgan fingerprint density at radius 3 is 1.19 bits per heavy atom. The fourth-order valence-electron chi connectivity index (χ4n) is 2.26. The third-order valence-electron chi connectivity index (χ3n) is 3.72. The Bertz CT molecular complexity index is 573. The first kappa shape index (κ1) is 22.2. The highest BCUT2D eigenvalue weighted by Gasteiger charge is 3.03. The summed E-state index contributed by atoms with van der Waals surface area (Å²) in [5.41, 5.74) is -6.68. The Labute approximate surface area is 138 Å². The number of halogens is 11. The Kier molecular flexibility index (Phi) is 4.99. The molecule has 1 amide bonds. The summed E-state index contributed by atoms with van der Waals surface area (Å²) in [5.74, 6) is -39.6. The molecule has 0 aromatic rings. The molecule has 13 heteroatoms. The number of nitrogens with zero attached hydrogens (tertiary/aromatic N) is 1. The standard InChI is InChI=1S/C13H10F11NO/c1-3-5-25(6-4-2)7(26)8(14)9(15,16)11(19,20)13(23,24)12(21,22)10(8,17)18/h3-4H,1-2,5-6H2. The summed E-state index contributed by atoms with van der Waals surface area (Å²) in [5, 5.41) is 0. The minimum absolute atomic E-state index is 0.336. The highest BCUT2D eigenvalue weighted by Crippen LogP contribution is 2.69. The van der Waals surface area contributed by atoms with Crippen molar-refractivity contribution >= 4 is 5.91 Å². The highest BCUT2D eigenvalue weighted by atomic mass is 19.4. The zero-order valence-electron chi connectivity index (χ0n) is 12.5. The van der Waals surface area contributed by atoms with E-state index in [1.807, 2.05) is 0 Å². The van der Waals surface area contributed by atoms with E-state index < -0.39 is 54.3 Å². The number of amides is 1. The van der Waals surface area contributed by atoms with E-state index in [1.165, 1.54) is 0 Å². The van der Waals surface area contributed by atoms with E-state index in [2.05, 4.69) is 13.2 Å². The number of alkyl halides is 11. The van der Waals surface area contributed by atoms with Gasteiger partial charge in [0.1, 0.15) is 0 Å². The Morgan fingerprint density at radius 1 is 0.654 bits per heavy atom. The van der Waals surface area contributed by atoms with E-state index in [0.29, 0.717) is 12.2 Å². The molecule has 150 valence electrons.